The summed E-state index contributed by atoms with van der Waals surface area (Å²) in [4.78, 5) is 0. The molecule has 21 heavy (non-hydrogen) atoms. The van der Waals surface area contributed by atoms with Crippen molar-refractivity contribution in [3.8, 4) is 11.4 Å². The van der Waals surface area contributed by atoms with Crippen LogP contribution in [0.25, 0.3) is 11.4 Å². The number of nitrogen functional groups attached to an aromatic ring is 1. The van der Waals surface area contributed by atoms with E-state index in [2.05, 4.69) is 22.4 Å². The van der Waals surface area contributed by atoms with Crippen LogP contribution in [0.15, 0.2) is 18.2 Å². The normalized spacial score (nSPS) is 11.0. The van der Waals surface area contributed by atoms with E-state index in [9.17, 15) is 0 Å². The predicted molar refractivity (Wildman–Crippen MR) is 86.1 cm³/mol. The Hall–Kier alpha value is -1.62. The van der Waals surface area contributed by atoms with Gasteiger partial charge in [-0.1, -0.05) is 50.6 Å². The molecule has 0 saturated heterocycles. The molecule has 0 fully saturated rings. The van der Waals surface area contributed by atoms with Crippen LogP contribution >= 0.6 is 11.6 Å². The number of aromatic nitrogens is 4. The second-order valence-corrected chi connectivity index (χ2v) is 5.64. The topological polar surface area (TPSA) is 69.6 Å². The summed E-state index contributed by atoms with van der Waals surface area (Å²) in [5, 5.41) is 12.5. The van der Waals surface area contributed by atoms with Crippen LogP contribution in [0.1, 0.15) is 45.4 Å². The maximum atomic E-state index is 6.21. The van der Waals surface area contributed by atoms with Crippen LogP contribution in [0.3, 0.4) is 0 Å². The number of hydrogen-bond acceptors (Lipinski definition) is 4. The minimum Gasteiger partial charge on any atom is -0.399 e. The lowest BCUT2D eigenvalue weighted by molar-refractivity contribution is 0.519. The number of nitrogens with two attached hydrogens (primary N) is 1. The van der Waals surface area contributed by atoms with Crippen LogP contribution in [-0.2, 0) is 6.54 Å². The van der Waals surface area contributed by atoms with E-state index >= 15 is 0 Å². The number of rotatable bonds is 8. The van der Waals surface area contributed by atoms with Gasteiger partial charge in [-0.2, -0.15) is 0 Å². The van der Waals surface area contributed by atoms with E-state index < -0.39 is 0 Å². The number of tetrazole rings is 1. The molecule has 1 aromatic carbocycles. The molecule has 0 aliphatic rings. The summed E-state index contributed by atoms with van der Waals surface area (Å²) >= 11 is 6.21. The molecular weight excluding hydrogens is 286 g/mol. The van der Waals surface area contributed by atoms with Crippen molar-refractivity contribution >= 4 is 17.3 Å². The molecule has 6 heteroatoms. The van der Waals surface area contributed by atoms with E-state index in [-0.39, 0.29) is 0 Å². The molecule has 1 heterocycles. The second-order valence-electron chi connectivity index (χ2n) is 5.23. The number of nitrogens with zero attached hydrogens (tertiary/aromatic N) is 4. The molecule has 0 atom stereocenters. The van der Waals surface area contributed by atoms with Gasteiger partial charge in [-0.15, -0.1) is 5.10 Å². The molecule has 0 radical (unpaired) electrons. The summed E-state index contributed by atoms with van der Waals surface area (Å²) in [6, 6.07) is 5.36. The standard InChI is InChI=1S/C15H22ClN5/c1-2-3-4-5-6-7-10-21-15(18-19-20-21)13-11-12(17)8-9-14(13)16/h8-9,11H,2-7,10,17H2,1H3. The first-order valence-electron chi connectivity index (χ1n) is 7.54. The van der Waals surface area contributed by atoms with Gasteiger partial charge >= 0.3 is 0 Å². The molecule has 0 bridgehead atoms. The first kappa shape index (κ1) is 15.8. The summed E-state index contributed by atoms with van der Waals surface area (Å²) in [5.74, 6) is 0.681. The van der Waals surface area contributed by atoms with Crippen molar-refractivity contribution in [2.75, 3.05) is 5.73 Å². The molecule has 2 rings (SSSR count). The highest BCUT2D eigenvalue weighted by atomic mass is 35.5. The van der Waals surface area contributed by atoms with Gasteiger partial charge in [0.05, 0.1) is 5.02 Å². The molecule has 1 aromatic heterocycles. The van der Waals surface area contributed by atoms with Crippen LogP contribution in [0.2, 0.25) is 5.02 Å². The van der Waals surface area contributed by atoms with Gasteiger partial charge in [0, 0.05) is 17.8 Å². The number of benzene rings is 1. The van der Waals surface area contributed by atoms with Gasteiger partial charge < -0.3 is 5.73 Å². The lowest BCUT2D eigenvalue weighted by Crippen LogP contribution is -2.04. The lowest BCUT2D eigenvalue weighted by atomic mass is 10.1. The fourth-order valence-electron chi connectivity index (χ4n) is 2.30. The smallest absolute Gasteiger partial charge is 0.183 e. The first-order valence-corrected chi connectivity index (χ1v) is 7.91. The highest BCUT2D eigenvalue weighted by molar-refractivity contribution is 6.33. The van der Waals surface area contributed by atoms with E-state index in [0.29, 0.717) is 16.5 Å². The molecule has 0 amide bonds. The Morgan fingerprint density at radius 3 is 2.71 bits per heavy atom. The molecular formula is C15H22ClN5. The summed E-state index contributed by atoms with van der Waals surface area (Å²) in [6.07, 6.45) is 7.43. The average molecular weight is 308 g/mol. The van der Waals surface area contributed by atoms with E-state index in [4.69, 9.17) is 17.3 Å². The van der Waals surface area contributed by atoms with Crippen LogP contribution in [-0.4, -0.2) is 20.2 Å². The number of hydrogen-bond donors (Lipinski definition) is 1. The Bertz CT molecular complexity index is 567. The Kier molecular flexibility index (Phi) is 5.99. The van der Waals surface area contributed by atoms with Crippen molar-refractivity contribution in [1.82, 2.24) is 20.2 Å². The Balaban J connectivity index is 1.97. The van der Waals surface area contributed by atoms with Crippen molar-refractivity contribution in [1.29, 1.82) is 0 Å². The quantitative estimate of drug-likeness (QED) is 0.592. The predicted octanol–water partition coefficient (Wildman–Crippen LogP) is 3.94. The number of anilines is 1. The van der Waals surface area contributed by atoms with Crippen LogP contribution < -0.4 is 5.73 Å². The molecule has 0 aliphatic heterocycles. The lowest BCUT2D eigenvalue weighted by Gasteiger charge is -2.07. The third kappa shape index (κ3) is 4.43. The first-order chi connectivity index (χ1) is 10.2. The van der Waals surface area contributed by atoms with Crippen LogP contribution in [0, 0.1) is 0 Å². The fraction of sp³-hybridized carbons (Fsp3) is 0.533. The monoisotopic (exact) mass is 307 g/mol. The third-order valence-electron chi connectivity index (χ3n) is 3.49. The Labute approximate surface area is 130 Å². The third-order valence-corrected chi connectivity index (χ3v) is 3.82. The van der Waals surface area contributed by atoms with E-state index in [1.54, 1.807) is 16.8 Å². The minimum absolute atomic E-state index is 0.614. The molecule has 0 aliphatic carbocycles. The zero-order valence-electron chi connectivity index (χ0n) is 12.4. The van der Waals surface area contributed by atoms with Gasteiger partial charge in [0.15, 0.2) is 5.82 Å². The Morgan fingerprint density at radius 1 is 1.14 bits per heavy atom. The number of halogens is 1. The van der Waals surface area contributed by atoms with Gasteiger partial charge in [0.1, 0.15) is 0 Å². The molecule has 0 unspecified atom stereocenters. The SMILES string of the molecule is CCCCCCCCn1nnnc1-c1cc(N)ccc1Cl. The molecule has 2 aromatic rings. The number of aryl methyl sites for hydroxylation is 1. The van der Waals surface area contributed by atoms with Crippen LogP contribution in [0.5, 0.6) is 0 Å². The highest BCUT2D eigenvalue weighted by Gasteiger charge is 2.12. The summed E-state index contributed by atoms with van der Waals surface area (Å²) in [6.45, 7) is 3.03. The van der Waals surface area contributed by atoms with Gasteiger partial charge in [-0.05, 0) is 35.0 Å². The molecule has 114 valence electrons. The summed E-state index contributed by atoms with van der Waals surface area (Å²) < 4.78 is 1.81. The summed E-state index contributed by atoms with van der Waals surface area (Å²) in [5.41, 5.74) is 7.26. The van der Waals surface area contributed by atoms with E-state index in [0.717, 1.165) is 18.5 Å². The number of unbranched alkanes of at least 4 members (excludes halogenated alkanes) is 5. The average Bonchev–Trinajstić information content (AvgIpc) is 2.93. The van der Waals surface area contributed by atoms with E-state index in [1.165, 1.54) is 32.1 Å². The highest BCUT2D eigenvalue weighted by Crippen LogP contribution is 2.27. The van der Waals surface area contributed by atoms with Crippen molar-refractivity contribution in [3.63, 3.8) is 0 Å². The van der Waals surface area contributed by atoms with Gasteiger partial charge in [-0.3, -0.25) is 0 Å². The van der Waals surface area contributed by atoms with Gasteiger partial charge in [0.2, 0.25) is 0 Å². The Morgan fingerprint density at radius 2 is 1.90 bits per heavy atom. The van der Waals surface area contributed by atoms with Crippen molar-refractivity contribution in [2.45, 2.75) is 52.0 Å². The second kappa shape index (κ2) is 7.98. The van der Waals surface area contributed by atoms with E-state index in [1.807, 2.05) is 6.07 Å². The molecule has 0 spiro atoms. The van der Waals surface area contributed by atoms with Crippen molar-refractivity contribution in [2.24, 2.45) is 0 Å². The summed E-state index contributed by atoms with van der Waals surface area (Å²) in [7, 11) is 0. The maximum absolute atomic E-state index is 6.21. The van der Waals surface area contributed by atoms with Crippen molar-refractivity contribution in [3.05, 3.63) is 23.2 Å². The molecule has 5 nitrogen and oxygen atoms in total. The molecule has 2 N–H and O–H groups in total. The zero-order chi connectivity index (χ0) is 15.1. The minimum atomic E-state index is 0.614. The van der Waals surface area contributed by atoms with Gasteiger partial charge in [0.25, 0.3) is 0 Å². The fourth-order valence-corrected chi connectivity index (χ4v) is 2.51. The maximum Gasteiger partial charge on any atom is 0.183 e. The van der Waals surface area contributed by atoms with Gasteiger partial charge in [-0.25, -0.2) is 4.68 Å². The van der Waals surface area contributed by atoms with Crippen molar-refractivity contribution < 1.29 is 0 Å². The largest absolute Gasteiger partial charge is 0.399 e. The van der Waals surface area contributed by atoms with Crippen LogP contribution in [0.4, 0.5) is 5.69 Å². The zero-order valence-corrected chi connectivity index (χ0v) is 13.2. The molecule has 0 saturated carbocycles.